The lowest BCUT2D eigenvalue weighted by Crippen LogP contribution is -2.28. The molecule has 0 aromatic carbocycles. The Morgan fingerprint density at radius 1 is 1.82 bits per heavy atom. The van der Waals surface area contributed by atoms with Gasteiger partial charge in [0.1, 0.15) is 0 Å². The molecule has 0 saturated heterocycles. The molecule has 3 heteroatoms. The van der Waals surface area contributed by atoms with Crippen molar-refractivity contribution in [3.8, 4) is 0 Å². The number of carbonyl (C=O) groups is 1. The minimum absolute atomic E-state index is 0.130. The Balaban J connectivity index is 2.11. The Kier molecular flexibility index (Phi) is 3.49. The first-order valence-electron chi connectivity index (χ1n) is 3.81. The Bertz CT molecular complexity index is 177. The van der Waals surface area contributed by atoms with Crippen LogP contribution in [0.3, 0.4) is 0 Å². The lowest BCUT2D eigenvalue weighted by Gasteiger charge is -2.13. The van der Waals surface area contributed by atoms with Crippen molar-refractivity contribution >= 4 is 17.7 Å². The molecule has 0 aliphatic heterocycles. The van der Waals surface area contributed by atoms with Crippen molar-refractivity contribution < 1.29 is 4.79 Å². The van der Waals surface area contributed by atoms with Crippen LogP contribution in [0.2, 0.25) is 0 Å². The highest BCUT2D eigenvalue weighted by Crippen LogP contribution is 2.17. The molecule has 1 N–H and O–H groups in total. The van der Waals surface area contributed by atoms with Crippen LogP contribution in [0.1, 0.15) is 12.8 Å². The van der Waals surface area contributed by atoms with Crippen LogP contribution in [-0.2, 0) is 4.79 Å². The first kappa shape index (κ1) is 8.65. The van der Waals surface area contributed by atoms with E-state index in [0.717, 1.165) is 30.7 Å². The molecule has 2 nitrogen and oxygen atoms in total. The minimum Gasteiger partial charge on any atom is -0.351 e. The molecule has 0 aromatic heterocycles. The molecule has 1 aliphatic carbocycles. The summed E-state index contributed by atoms with van der Waals surface area (Å²) in [6, 6.07) is 0. The lowest BCUT2D eigenvalue weighted by atomic mass is 9.98. The van der Waals surface area contributed by atoms with Gasteiger partial charge < -0.3 is 5.32 Å². The number of allylic oxidation sites excluding steroid dienone is 1. The molecule has 0 unspecified atom stereocenters. The fraction of sp³-hybridized carbons (Fsp3) is 0.625. The minimum atomic E-state index is 0.130. The summed E-state index contributed by atoms with van der Waals surface area (Å²) in [6.07, 6.45) is 6.07. The zero-order valence-electron chi connectivity index (χ0n) is 6.72. The SMILES string of the molecule is CSCCNC(=O)C1=CCC1. The van der Waals surface area contributed by atoms with Crippen LogP contribution >= 0.6 is 11.8 Å². The normalized spacial score (nSPS) is 15.2. The maximum atomic E-state index is 11.1. The van der Waals surface area contributed by atoms with Gasteiger partial charge in [0, 0.05) is 17.9 Å². The number of thioether (sulfide) groups is 1. The summed E-state index contributed by atoms with van der Waals surface area (Å²) in [7, 11) is 0. The van der Waals surface area contributed by atoms with Crippen molar-refractivity contribution in [2.75, 3.05) is 18.6 Å². The quantitative estimate of drug-likeness (QED) is 0.644. The number of hydrogen-bond acceptors (Lipinski definition) is 2. The maximum absolute atomic E-state index is 11.1. The van der Waals surface area contributed by atoms with Gasteiger partial charge in [0.05, 0.1) is 0 Å². The van der Waals surface area contributed by atoms with Crippen LogP contribution in [0, 0.1) is 0 Å². The van der Waals surface area contributed by atoms with E-state index in [9.17, 15) is 4.79 Å². The Morgan fingerprint density at radius 2 is 2.55 bits per heavy atom. The summed E-state index contributed by atoms with van der Waals surface area (Å²) in [5, 5.41) is 2.86. The average molecular weight is 171 g/mol. The number of carbonyl (C=O) groups excluding carboxylic acids is 1. The van der Waals surface area contributed by atoms with E-state index in [2.05, 4.69) is 5.32 Å². The zero-order chi connectivity index (χ0) is 8.10. The van der Waals surface area contributed by atoms with E-state index in [1.54, 1.807) is 11.8 Å². The van der Waals surface area contributed by atoms with Gasteiger partial charge in [-0.1, -0.05) is 6.08 Å². The van der Waals surface area contributed by atoms with Gasteiger partial charge in [0.2, 0.25) is 5.91 Å². The smallest absolute Gasteiger partial charge is 0.246 e. The summed E-state index contributed by atoms with van der Waals surface area (Å²) in [4.78, 5) is 11.1. The van der Waals surface area contributed by atoms with Crippen LogP contribution < -0.4 is 5.32 Å². The summed E-state index contributed by atoms with van der Waals surface area (Å²) in [5.74, 6) is 1.13. The van der Waals surface area contributed by atoms with E-state index >= 15 is 0 Å². The Morgan fingerprint density at radius 3 is 3.00 bits per heavy atom. The number of hydrogen-bond donors (Lipinski definition) is 1. The fourth-order valence-electron chi connectivity index (χ4n) is 0.875. The molecular weight excluding hydrogens is 158 g/mol. The average Bonchev–Trinajstić information content (AvgIpc) is 1.84. The van der Waals surface area contributed by atoms with Gasteiger partial charge in [-0.3, -0.25) is 4.79 Å². The van der Waals surface area contributed by atoms with Gasteiger partial charge in [-0.15, -0.1) is 0 Å². The summed E-state index contributed by atoms with van der Waals surface area (Å²) in [6.45, 7) is 0.789. The summed E-state index contributed by atoms with van der Waals surface area (Å²) < 4.78 is 0. The molecule has 62 valence electrons. The van der Waals surface area contributed by atoms with Gasteiger partial charge in [-0.2, -0.15) is 11.8 Å². The van der Waals surface area contributed by atoms with E-state index < -0.39 is 0 Å². The molecule has 1 rings (SSSR count). The van der Waals surface area contributed by atoms with Gasteiger partial charge in [0.25, 0.3) is 0 Å². The second-order valence-corrected chi connectivity index (χ2v) is 3.50. The monoisotopic (exact) mass is 171 g/mol. The van der Waals surface area contributed by atoms with Gasteiger partial charge in [-0.25, -0.2) is 0 Å². The second kappa shape index (κ2) is 4.44. The van der Waals surface area contributed by atoms with Gasteiger partial charge in [0.15, 0.2) is 0 Å². The van der Waals surface area contributed by atoms with E-state index in [1.165, 1.54) is 0 Å². The van der Waals surface area contributed by atoms with Crippen molar-refractivity contribution in [1.29, 1.82) is 0 Å². The highest BCUT2D eigenvalue weighted by atomic mass is 32.2. The molecule has 0 bridgehead atoms. The van der Waals surface area contributed by atoms with Crippen LogP contribution in [0.15, 0.2) is 11.6 Å². The molecular formula is C8H13NOS. The van der Waals surface area contributed by atoms with Gasteiger partial charge in [-0.05, 0) is 19.1 Å². The summed E-state index contributed by atoms with van der Waals surface area (Å²) >= 11 is 1.75. The standard InChI is InChI=1S/C8H13NOS/c1-11-6-5-9-8(10)7-3-2-4-7/h3H,2,4-6H2,1H3,(H,9,10). The van der Waals surface area contributed by atoms with E-state index in [0.29, 0.717) is 0 Å². The first-order chi connectivity index (χ1) is 5.34. The number of rotatable bonds is 4. The third-order valence-electron chi connectivity index (χ3n) is 1.69. The van der Waals surface area contributed by atoms with E-state index in [1.807, 2.05) is 12.3 Å². The van der Waals surface area contributed by atoms with Crippen molar-refractivity contribution in [2.24, 2.45) is 0 Å². The highest BCUT2D eigenvalue weighted by molar-refractivity contribution is 7.98. The van der Waals surface area contributed by atoms with Crippen LogP contribution in [-0.4, -0.2) is 24.5 Å². The fourth-order valence-corrected chi connectivity index (χ4v) is 1.18. The predicted octanol–water partition coefficient (Wildman–Crippen LogP) is 1.19. The first-order valence-corrected chi connectivity index (χ1v) is 5.20. The third kappa shape index (κ3) is 2.58. The molecule has 0 spiro atoms. The van der Waals surface area contributed by atoms with Crippen LogP contribution in [0.5, 0.6) is 0 Å². The second-order valence-electron chi connectivity index (χ2n) is 2.52. The van der Waals surface area contributed by atoms with Crippen molar-refractivity contribution in [3.05, 3.63) is 11.6 Å². The molecule has 0 heterocycles. The molecule has 0 aromatic rings. The predicted molar refractivity (Wildman–Crippen MR) is 48.7 cm³/mol. The molecule has 0 fully saturated rings. The van der Waals surface area contributed by atoms with Crippen LogP contribution in [0.25, 0.3) is 0 Å². The van der Waals surface area contributed by atoms with Gasteiger partial charge >= 0.3 is 0 Å². The zero-order valence-corrected chi connectivity index (χ0v) is 7.54. The molecule has 1 amide bonds. The largest absolute Gasteiger partial charge is 0.351 e. The van der Waals surface area contributed by atoms with Crippen molar-refractivity contribution in [2.45, 2.75) is 12.8 Å². The Hall–Kier alpha value is -0.440. The lowest BCUT2D eigenvalue weighted by molar-refractivity contribution is -0.117. The molecule has 0 saturated carbocycles. The highest BCUT2D eigenvalue weighted by Gasteiger charge is 2.13. The van der Waals surface area contributed by atoms with Crippen LogP contribution in [0.4, 0.5) is 0 Å². The van der Waals surface area contributed by atoms with E-state index in [-0.39, 0.29) is 5.91 Å². The topological polar surface area (TPSA) is 29.1 Å². The number of amides is 1. The van der Waals surface area contributed by atoms with Crippen molar-refractivity contribution in [1.82, 2.24) is 5.32 Å². The third-order valence-corrected chi connectivity index (χ3v) is 2.30. The van der Waals surface area contributed by atoms with E-state index in [4.69, 9.17) is 0 Å². The Labute approximate surface area is 71.4 Å². The molecule has 1 aliphatic rings. The molecule has 11 heavy (non-hydrogen) atoms. The number of nitrogens with one attached hydrogen (secondary N) is 1. The van der Waals surface area contributed by atoms with Crippen molar-refractivity contribution in [3.63, 3.8) is 0 Å². The molecule has 0 atom stereocenters. The summed E-state index contributed by atoms with van der Waals surface area (Å²) in [5.41, 5.74) is 0.964. The molecule has 0 radical (unpaired) electrons. The maximum Gasteiger partial charge on any atom is 0.246 e.